The fraction of sp³-hybridized carbons (Fsp3) is 0.700. The molecule has 0 saturated heterocycles. The van der Waals surface area contributed by atoms with Crippen LogP contribution in [0.4, 0.5) is 0 Å². The van der Waals surface area contributed by atoms with E-state index in [1.54, 1.807) is 0 Å². The summed E-state index contributed by atoms with van der Waals surface area (Å²) in [5, 5.41) is 0. The van der Waals surface area contributed by atoms with E-state index in [0.29, 0.717) is 0 Å². The lowest BCUT2D eigenvalue weighted by Gasteiger charge is -2.16. The van der Waals surface area contributed by atoms with Gasteiger partial charge in [-0.1, -0.05) is 12.2 Å². The van der Waals surface area contributed by atoms with E-state index in [-0.39, 0.29) is 0 Å². The van der Waals surface area contributed by atoms with Crippen LogP contribution in [0.1, 0.15) is 38.5 Å². The van der Waals surface area contributed by atoms with Crippen LogP contribution < -0.4 is 0 Å². The summed E-state index contributed by atoms with van der Waals surface area (Å²) >= 11 is 0. The summed E-state index contributed by atoms with van der Waals surface area (Å²) in [6.45, 7) is 0. The Balaban J connectivity index is 2.06. The molecule has 0 bridgehead atoms. The maximum Gasteiger partial charge on any atom is 0.119 e. The Hall–Kier alpha value is -0.590. The standard InChI is InChI=1S/C10H16O/c11-9-5-4-8-10-6-2-1-3-7-10/h1-2,9-10H,3-8H2. The minimum Gasteiger partial charge on any atom is -0.303 e. The smallest absolute Gasteiger partial charge is 0.119 e. The van der Waals surface area contributed by atoms with Gasteiger partial charge in [0.2, 0.25) is 0 Å². The number of unbranched alkanes of at least 4 members (excludes halogenated alkanes) is 1. The van der Waals surface area contributed by atoms with Crippen molar-refractivity contribution < 1.29 is 4.79 Å². The minimum atomic E-state index is 0.750. The highest BCUT2D eigenvalue weighted by Crippen LogP contribution is 2.22. The van der Waals surface area contributed by atoms with Crippen molar-refractivity contribution in [3.63, 3.8) is 0 Å². The molecule has 1 aliphatic rings. The highest BCUT2D eigenvalue weighted by atomic mass is 16.1. The average molecular weight is 152 g/mol. The Morgan fingerprint density at radius 3 is 3.00 bits per heavy atom. The molecule has 0 amide bonds. The first-order valence-electron chi connectivity index (χ1n) is 4.52. The van der Waals surface area contributed by atoms with E-state index in [1.807, 2.05) is 0 Å². The van der Waals surface area contributed by atoms with Crippen LogP contribution in [0.25, 0.3) is 0 Å². The zero-order valence-electron chi connectivity index (χ0n) is 6.96. The van der Waals surface area contributed by atoms with Crippen molar-refractivity contribution in [2.24, 2.45) is 5.92 Å². The maximum atomic E-state index is 10.0. The van der Waals surface area contributed by atoms with Crippen LogP contribution in [0.15, 0.2) is 12.2 Å². The van der Waals surface area contributed by atoms with Gasteiger partial charge in [0.1, 0.15) is 6.29 Å². The normalized spacial score (nSPS) is 23.5. The van der Waals surface area contributed by atoms with Gasteiger partial charge in [-0.2, -0.15) is 0 Å². The molecule has 1 aliphatic carbocycles. The zero-order valence-corrected chi connectivity index (χ0v) is 6.96. The van der Waals surface area contributed by atoms with Crippen LogP contribution in [0.3, 0.4) is 0 Å². The molecule has 0 saturated carbocycles. The third-order valence-electron chi connectivity index (χ3n) is 2.31. The number of carbonyl (C=O) groups excluding carboxylic acids is 1. The number of allylic oxidation sites excluding steroid dienone is 2. The van der Waals surface area contributed by atoms with E-state index in [9.17, 15) is 4.79 Å². The van der Waals surface area contributed by atoms with E-state index in [2.05, 4.69) is 12.2 Å². The summed E-state index contributed by atoms with van der Waals surface area (Å²) in [4.78, 5) is 10.0. The van der Waals surface area contributed by atoms with Crippen LogP contribution in [-0.2, 0) is 4.79 Å². The van der Waals surface area contributed by atoms with Gasteiger partial charge < -0.3 is 4.79 Å². The van der Waals surface area contributed by atoms with Crippen molar-refractivity contribution in [2.45, 2.75) is 38.5 Å². The predicted octanol–water partition coefficient (Wildman–Crippen LogP) is 2.71. The molecular formula is C10H16O. The number of carbonyl (C=O) groups is 1. The van der Waals surface area contributed by atoms with Crippen LogP contribution in [0.2, 0.25) is 0 Å². The molecule has 0 radical (unpaired) electrons. The Bertz CT molecular complexity index is 138. The number of hydrogen-bond donors (Lipinski definition) is 0. The first kappa shape index (κ1) is 8.51. The lowest BCUT2D eigenvalue weighted by molar-refractivity contribution is -0.107. The fourth-order valence-electron chi connectivity index (χ4n) is 1.61. The highest BCUT2D eigenvalue weighted by Gasteiger charge is 2.08. The summed E-state index contributed by atoms with van der Waals surface area (Å²) in [6, 6.07) is 0. The molecule has 0 aromatic carbocycles. The second-order valence-electron chi connectivity index (χ2n) is 3.25. The molecule has 0 aromatic rings. The quantitative estimate of drug-likeness (QED) is 0.344. The monoisotopic (exact) mass is 152 g/mol. The number of aldehydes is 1. The van der Waals surface area contributed by atoms with Gasteiger partial charge in [-0.25, -0.2) is 0 Å². The van der Waals surface area contributed by atoms with Crippen LogP contribution in [0, 0.1) is 5.92 Å². The van der Waals surface area contributed by atoms with Gasteiger partial charge in [0, 0.05) is 6.42 Å². The molecule has 1 unspecified atom stereocenters. The van der Waals surface area contributed by atoms with Crippen molar-refractivity contribution in [1.82, 2.24) is 0 Å². The van der Waals surface area contributed by atoms with Gasteiger partial charge >= 0.3 is 0 Å². The van der Waals surface area contributed by atoms with Crippen molar-refractivity contribution in [1.29, 1.82) is 0 Å². The van der Waals surface area contributed by atoms with Gasteiger partial charge in [0.05, 0.1) is 0 Å². The Labute approximate surface area is 68.5 Å². The second kappa shape index (κ2) is 5.11. The van der Waals surface area contributed by atoms with Gasteiger partial charge in [0.15, 0.2) is 0 Å². The molecule has 0 aliphatic heterocycles. The van der Waals surface area contributed by atoms with Gasteiger partial charge in [0.25, 0.3) is 0 Å². The first-order chi connectivity index (χ1) is 5.43. The van der Waals surface area contributed by atoms with E-state index < -0.39 is 0 Å². The molecule has 0 spiro atoms. The van der Waals surface area contributed by atoms with Crippen molar-refractivity contribution >= 4 is 6.29 Å². The summed E-state index contributed by atoms with van der Waals surface area (Å²) in [7, 11) is 0. The lowest BCUT2D eigenvalue weighted by Crippen LogP contribution is -2.02. The molecule has 0 aromatic heterocycles. The largest absolute Gasteiger partial charge is 0.303 e. The second-order valence-corrected chi connectivity index (χ2v) is 3.25. The van der Waals surface area contributed by atoms with Crippen LogP contribution >= 0.6 is 0 Å². The summed E-state index contributed by atoms with van der Waals surface area (Å²) in [5.74, 6) is 0.861. The Morgan fingerprint density at radius 1 is 1.45 bits per heavy atom. The minimum absolute atomic E-state index is 0.750. The molecule has 1 rings (SSSR count). The molecular weight excluding hydrogens is 136 g/mol. The van der Waals surface area contributed by atoms with E-state index >= 15 is 0 Å². The Kier molecular flexibility index (Phi) is 3.95. The van der Waals surface area contributed by atoms with Gasteiger partial charge in [-0.3, -0.25) is 0 Å². The van der Waals surface area contributed by atoms with E-state index in [4.69, 9.17) is 0 Å². The molecule has 1 heteroatoms. The molecule has 0 fully saturated rings. The molecule has 1 nitrogen and oxygen atoms in total. The van der Waals surface area contributed by atoms with Crippen molar-refractivity contribution in [3.8, 4) is 0 Å². The highest BCUT2D eigenvalue weighted by molar-refractivity contribution is 5.48. The SMILES string of the molecule is O=CCCCC1CC=CCC1. The summed E-state index contributed by atoms with van der Waals surface area (Å²) < 4.78 is 0. The van der Waals surface area contributed by atoms with E-state index in [0.717, 1.165) is 25.0 Å². The van der Waals surface area contributed by atoms with Crippen LogP contribution in [0.5, 0.6) is 0 Å². The average Bonchev–Trinajstić information content (AvgIpc) is 2.07. The van der Waals surface area contributed by atoms with Crippen molar-refractivity contribution in [3.05, 3.63) is 12.2 Å². The molecule has 0 N–H and O–H groups in total. The third kappa shape index (κ3) is 3.35. The third-order valence-corrected chi connectivity index (χ3v) is 2.31. The zero-order chi connectivity index (χ0) is 7.94. The fourth-order valence-corrected chi connectivity index (χ4v) is 1.61. The molecule has 11 heavy (non-hydrogen) atoms. The Morgan fingerprint density at radius 2 is 2.36 bits per heavy atom. The molecule has 1 atom stereocenters. The van der Waals surface area contributed by atoms with Gasteiger partial charge in [-0.05, 0) is 38.0 Å². The first-order valence-corrected chi connectivity index (χ1v) is 4.52. The number of rotatable bonds is 4. The molecule has 62 valence electrons. The topological polar surface area (TPSA) is 17.1 Å². The van der Waals surface area contributed by atoms with Crippen molar-refractivity contribution in [2.75, 3.05) is 0 Å². The predicted molar refractivity (Wildman–Crippen MR) is 46.4 cm³/mol. The summed E-state index contributed by atoms with van der Waals surface area (Å²) in [6.07, 6.45) is 12.4. The van der Waals surface area contributed by atoms with E-state index in [1.165, 1.54) is 25.7 Å². The van der Waals surface area contributed by atoms with Gasteiger partial charge in [-0.15, -0.1) is 0 Å². The summed E-state index contributed by atoms with van der Waals surface area (Å²) in [5.41, 5.74) is 0. The molecule has 0 heterocycles. The maximum absolute atomic E-state index is 10.0. The number of hydrogen-bond acceptors (Lipinski definition) is 1. The lowest BCUT2D eigenvalue weighted by atomic mass is 9.90. The van der Waals surface area contributed by atoms with Crippen LogP contribution in [-0.4, -0.2) is 6.29 Å².